The van der Waals surface area contributed by atoms with Crippen LogP contribution in [-0.2, 0) is 14.8 Å². The number of hydrogen-bond acceptors (Lipinski definition) is 5. The van der Waals surface area contributed by atoms with Crippen LogP contribution in [0, 0.1) is 0 Å². The third-order valence-corrected chi connectivity index (χ3v) is 4.88. The zero-order chi connectivity index (χ0) is 15.3. The number of carbonyl (C=O) groups is 1. The predicted octanol–water partition coefficient (Wildman–Crippen LogP) is 0.276. The lowest BCUT2D eigenvalue weighted by Crippen LogP contribution is -2.34. The van der Waals surface area contributed by atoms with Gasteiger partial charge in [0.15, 0.2) is 6.61 Å². The van der Waals surface area contributed by atoms with Crippen LogP contribution in [0.3, 0.4) is 0 Å². The van der Waals surface area contributed by atoms with Crippen molar-refractivity contribution < 1.29 is 17.9 Å². The van der Waals surface area contributed by atoms with E-state index in [0.717, 1.165) is 25.7 Å². The third kappa shape index (κ3) is 4.42. The highest BCUT2D eigenvalue weighted by Crippen LogP contribution is 2.21. The Labute approximate surface area is 123 Å². The van der Waals surface area contributed by atoms with E-state index in [4.69, 9.17) is 10.6 Å². The Morgan fingerprint density at radius 2 is 1.86 bits per heavy atom. The van der Waals surface area contributed by atoms with Crippen LogP contribution in [0.4, 0.5) is 0 Å². The number of sulfonamides is 1. The summed E-state index contributed by atoms with van der Waals surface area (Å²) in [6.45, 7) is -0.219. The Hall–Kier alpha value is -1.64. The molecule has 0 atom stereocenters. The predicted molar refractivity (Wildman–Crippen MR) is 76.8 cm³/mol. The summed E-state index contributed by atoms with van der Waals surface area (Å²) in [4.78, 5) is 11.1. The molecule has 0 heterocycles. The minimum atomic E-state index is -3.50. The van der Waals surface area contributed by atoms with Crippen molar-refractivity contribution in [3.8, 4) is 5.75 Å². The molecule has 0 unspecified atom stereocenters. The second kappa shape index (κ2) is 6.88. The van der Waals surface area contributed by atoms with Gasteiger partial charge in [-0.1, -0.05) is 12.8 Å². The smallest absolute Gasteiger partial charge is 0.271 e. The van der Waals surface area contributed by atoms with Crippen LogP contribution in [0.25, 0.3) is 0 Å². The zero-order valence-electron chi connectivity index (χ0n) is 11.5. The molecule has 1 aliphatic rings. The van der Waals surface area contributed by atoms with Gasteiger partial charge >= 0.3 is 0 Å². The van der Waals surface area contributed by atoms with Gasteiger partial charge in [-0.3, -0.25) is 10.2 Å². The van der Waals surface area contributed by atoms with Gasteiger partial charge < -0.3 is 4.74 Å². The normalized spacial score (nSPS) is 15.9. The maximum absolute atomic E-state index is 12.2. The number of hydrogen-bond donors (Lipinski definition) is 3. The fraction of sp³-hybridized carbons (Fsp3) is 0.462. The van der Waals surface area contributed by atoms with Gasteiger partial charge in [-0.15, -0.1) is 0 Å². The number of carbonyl (C=O) groups excluding carboxylic acids is 1. The van der Waals surface area contributed by atoms with E-state index in [1.807, 2.05) is 5.43 Å². The Balaban J connectivity index is 1.98. The zero-order valence-corrected chi connectivity index (χ0v) is 12.4. The van der Waals surface area contributed by atoms with Gasteiger partial charge in [0.1, 0.15) is 5.75 Å². The molecule has 1 fully saturated rings. The monoisotopic (exact) mass is 313 g/mol. The van der Waals surface area contributed by atoms with Crippen LogP contribution in [0.2, 0.25) is 0 Å². The molecule has 1 saturated carbocycles. The van der Waals surface area contributed by atoms with Crippen molar-refractivity contribution in [2.45, 2.75) is 36.6 Å². The van der Waals surface area contributed by atoms with Crippen LogP contribution < -0.4 is 20.7 Å². The summed E-state index contributed by atoms with van der Waals surface area (Å²) in [5, 5.41) is 0. The first kappa shape index (κ1) is 15.7. The standard InChI is InChI=1S/C13H19N3O4S/c14-15-13(17)9-20-11-5-7-12(8-6-11)21(18,19)16-10-3-1-2-4-10/h5-8,10,16H,1-4,9,14H2,(H,15,17). The molecule has 4 N–H and O–H groups in total. The SMILES string of the molecule is NNC(=O)COc1ccc(S(=O)(=O)NC2CCCC2)cc1. The molecule has 0 radical (unpaired) electrons. The average molecular weight is 313 g/mol. The highest BCUT2D eigenvalue weighted by Gasteiger charge is 2.22. The Morgan fingerprint density at radius 1 is 1.24 bits per heavy atom. The van der Waals surface area contributed by atoms with Crippen LogP contribution in [0.1, 0.15) is 25.7 Å². The Morgan fingerprint density at radius 3 is 2.43 bits per heavy atom. The number of amides is 1. The molecule has 2 rings (SSSR count). The maximum atomic E-state index is 12.2. The lowest BCUT2D eigenvalue weighted by Gasteiger charge is -2.13. The lowest BCUT2D eigenvalue weighted by atomic mass is 10.3. The van der Waals surface area contributed by atoms with Crippen molar-refractivity contribution >= 4 is 15.9 Å². The van der Waals surface area contributed by atoms with E-state index in [1.165, 1.54) is 24.3 Å². The van der Waals surface area contributed by atoms with Gasteiger partial charge in [0.05, 0.1) is 4.90 Å². The van der Waals surface area contributed by atoms with Crippen molar-refractivity contribution in [3.63, 3.8) is 0 Å². The summed E-state index contributed by atoms with van der Waals surface area (Å²) in [6, 6.07) is 5.94. The van der Waals surface area contributed by atoms with Gasteiger partial charge in [0, 0.05) is 6.04 Å². The second-order valence-corrected chi connectivity index (χ2v) is 6.64. The van der Waals surface area contributed by atoms with Gasteiger partial charge in [-0.05, 0) is 37.1 Å². The first-order valence-electron chi connectivity index (χ1n) is 6.76. The number of rotatable bonds is 6. The van der Waals surface area contributed by atoms with Crippen molar-refractivity contribution in [1.82, 2.24) is 10.1 Å². The Bertz CT molecular complexity index is 580. The summed E-state index contributed by atoms with van der Waals surface area (Å²) < 4.78 is 32.2. The summed E-state index contributed by atoms with van der Waals surface area (Å²) in [6.07, 6.45) is 3.88. The largest absolute Gasteiger partial charge is 0.484 e. The molecular formula is C13H19N3O4S. The van der Waals surface area contributed by atoms with E-state index in [0.29, 0.717) is 5.75 Å². The fourth-order valence-corrected chi connectivity index (χ4v) is 3.54. The topological polar surface area (TPSA) is 111 Å². The number of nitrogens with one attached hydrogen (secondary N) is 2. The summed E-state index contributed by atoms with van der Waals surface area (Å²) in [7, 11) is -3.50. The van der Waals surface area contributed by atoms with Gasteiger partial charge in [0.25, 0.3) is 5.91 Å². The lowest BCUT2D eigenvalue weighted by molar-refractivity contribution is -0.123. The summed E-state index contributed by atoms with van der Waals surface area (Å²) in [5.74, 6) is 4.87. The molecule has 1 aromatic rings. The van der Waals surface area contributed by atoms with Gasteiger partial charge in [-0.25, -0.2) is 19.0 Å². The molecule has 0 spiro atoms. The van der Waals surface area contributed by atoms with Crippen molar-refractivity contribution in [2.24, 2.45) is 5.84 Å². The summed E-state index contributed by atoms with van der Waals surface area (Å²) >= 11 is 0. The molecule has 8 heteroatoms. The van der Waals surface area contributed by atoms with Crippen molar-refractivity contribution in [2.75, 3.05) is 6.61 Å². The number of nitrogens with two attached hydrogens (primary N) is 1. The van der Waals surface area contributed by atoms with Crippen molar-refractivity contribution in [1.29, 1.82) is 0 Å². The van der Waals surface area contributed by atoms with Crippen LogP contribution >= 0.6 is 0 Å². The number of hydrazine groups is 1. The quantitative estimate of drug-likeness (QED) is 0.397. The van der Waals surface area contributed by atoms with Crippen LogP contribution in [0.5, 0.6) is 5.75 Å². The molecule has 0 saturated heterocycles. The van der Waals surface area contributed by atoms with Gasteiger partial charge in [0.2, 0.25) is 10.0 Å². The minimum Gasteiger partial charge on any atom is -0.484 e. The van der Waals surface area contributed by atoms with E-state index in [1.54, 1.807) is 0 Å². The van der Waals surface area contributed by atoms with E-state index in [2.05, 4.69) is 4.72 Å². The molecule has 1 aliphatic carbocycles. The first-order chi connectivity index (χ1) is 10.0. The van der Waals surface area contributed by atoms with Gasteiger partial charge in [-0.2, -0.15) is 0 Å². The van der Waals surface area contributed by atoms with Crippen LogP contribution in [-0.4, -0.2) is 27.0 Å². The highest BCUT2D eigenvalue weighted by atomic mass is 32.2. The second-order valence-electron chi connectivity index (χ2n) is 4.93. The molecular weight excluding hydrogens is 294 g/mol. The van der Waals surface area contributed by atoms with E-state index in [-0.39, 0.29) is 17.5 Å². The molecule has 1 amide bonds. The van der Waals surface area contributed by atoms with E-state index in [9.17, 15) is 13.2 Å². The average Bonchev–Trinajstić information content (AvgIpc) is 2.97. The molecule has 0 aliphatic heterocycles. The molecule has 0 bridgehead atoms. The molecule has 116 valence electrons. The molecule has 7 nitrogen and oxygen atoms in total. The number of benzene rings is 1. The maximum Gasteiger partial charge on any atom is 0.271 e. The summed E-state index contributed by atoms with van der Waals surface area (Å²) in [5.41, 5.74) is 1.94. The Kier molecular flexibility index (Phi) is 5.16. The minimum absolute atomic E-state index is 0.0270. The molecule has 21 heavy (non-hydrogen) atoms. The number of ether oxygens (including phenoxy) is 1. The molecule has 0 aromatic heterocycles. The van der Waals surface area contributed by atoms with E-state index >= 15 is 0 Å². The molecule has 1 aromatic carbocycles. The first-order valence-corrected chi connectivity index (χ1v) is 8.24. The highest BCUT2D eigenvalue weighted by molar-refractivity contribution is 7.89. The van der Waals surface area contributed by atoms with Crippen LogP contribution in [0.15, 0.2) is 29.2 Å². The van der Waals surface area contributed by atoms with E-state index < -0.39 is 15.9 Å². The van der Waals surface area contributed by atoms with Crippen molar-refractivity contribution in [3.05, 3.63) is 24.3 Å². The fourth-order valence-electron chi connectivity index (χ4n) is 2.24. The third-order valence-electron chi connectivity index (χ3n) is 3.34.